The summed E-state index contributed by atoms with van der Waals surface area (Å²) in [6.07, 6.45) is 10.2. The first-order chi connectivity index (χ1) is 10.6. The van der Waals surface area contributed by atoms with E-state index in [0.29, 0.717) is 6.04 Å². The van der Waals surface area contributed by atoms with Gasteiger partial charge in [-0.1, -0.05) is 39.5 Å². The van der Waals surface area contributed by atoms with Crippen LogP contribution in [0.2, 0.25) is 0 Å². The zero-order valence-corrected chi connectivity index (χ0v) is 14.6. The van der Waals surface area contributed by atoms with Crippen molar-refractivity contribution in [2.75, 3.05) is 26.2 Å². The number of carbonyl (C=O) groups excluding carboxylic acids is 1. The Morgan fingerprint density at radius 2 is 1.82 bits per heavy atom. The zero-order chi connectivity index (χ0) is 15.8. The van der Waals surface area contributed by atoms with E-state index < -0.39 is 0 Å². The molecule has 0 aromatic rings. The minimum Gasteiger partial charge on any atom is -0.338 e. The van der Waals surface area contributed by atoms with Crippen LogP contribution < -0.4 is 10.6 Å². The Kier molecular flexibility index (Phi) is 7.50. The molecule has 4 nitrogen and oxygen atoms in total. The fourth-order valence-corrected chi connectivity index (χ4v) is 3.90. The Hall–Kier alpha value is -0.770. The van der Waals surface area contributed by atoms with Gasteiger partial charge in [-0.05, 0) is 37.5 Å². The van der Waals surface area contributed by atoms with Crippen molar-refractivity contribution < 1.29 is 4.79 Å². The van der Waals surface area contributed by atoms with Crippen LogP contribution in [-0.4, -0.2) is 43.2 Å². The molecule has 0 bridgehead atoms. The number of nitrogens with zero attached hydrogens (tertiary/aromatic N) is 1. The summed E-state index contributed by atoms with van der Waals surface area (Å²) < 4.78 is 0. The summed E-state index contributed by atoms with van der Waals surface area (Å²) in [6, 6.07) is 0.395. The van der Waals surface area contributed by atoms with Crippen LogP contribution in [0.25, 0.3) is 0 Å². The van der Waals surface area contributed by atoms with Gasteiger partial charge in [-0.25, -0.2) is 4.79 Å². The molecule has 0 unspecified atom stereocenters. The predicted molar refractivity (Wildman–Crippen MR) is 92.0 cm³/mol. The maximum atomic E-state index is 11.9. The van der Waals surface area contributed by atoms with Gasteiger partial charge >= 0.3 is 6.03 Å². The molecule has 1 heterocycles. The molecule has 0 spiro atoms. The van der Waals surface area contributed by atoms with Crippen LogP contribution in [0.15, 0.2) is 0 Å². The van der Waals surface area contributed by atoms with Crippen molar-refractivity contribution in [1.29, 1.82) is 0 Å². The fourth-order valence-electron chi connectivity index (χ4n) is 3.90. The zero-order valence-electron chi connectivity index (χ0n) is 14.6. The molecule has 128 valence electrons. The van der Waals surface area contributed by atoms with Crippen LogP contribution in [0.4, 0.5) is 4.79 Å². The van der Waals surface area contributed by atoms with E-state index in [1.165, 1.54) is 38.6 Å². The molecule has 2 fully saturated rings. The van der Waals surface area contributed by atoms with Gasteiger partial charge in [0.1, 0.15) is 0 Å². The second-order valence-electron chi connectivity index (χ2n) is 7.66. The number of urea groups is 1. The Balaban J connectivity index is 1.50. The SMILES string of the molecule is CC(C)CN1CCC(NC(=O)NCCCC2CCCC2)CC1. The van der Waals surface area contributed by atoms with E-state index in [1.54, 1.807) is 0 Å². The van der Waals surface area contributed by atoms with Crippen LogP contribution >= 0.6 is 0 Å². The average molecular weight is 309 g/mol. The molecule has 0 aromatic heterocycles. The number of rotatable bonds is 7. The second kappa shape index (κ2) is 9.39. The second-order valence-corrected chi connectivity index (χ2v) is 7.66. The van der Waals surface area contributed by atoms with Crippen LogP contribution in [0.1, 0.15) is 65.2 Å². The first-order valence-corrected chi connectivity index (χ1v) is 9.40. The van der Waals surface area contributed by atoms with Gasteiger partial charge in [-0.2, -0.15) is 0 Å². The predicted octanol–water partition coefficient (Wildman–Crippen LogP) is 3.38. The van der Waals surface area contributed by atoms with Crippen molar-refractivity contribution >= 4 is 6.03 Å². The number of carbonyl (C=O) groups is 1. The third-order valence-corrected chi connectivity index (χ3v) is 5.10. The monoisotopic (exact) mass is 309 g/mol. The first kappa shape index (κ1) is 17.6. The summed E-state index contributed by atoms with van der Waals surface area (Å²) in [5.74, 6) is 1.66. The summed E-state index contributed by atoms with van der Waals surface area (Å²) in [5, 5.41) is 6.18. The number of amides is 2. The highest BCUT2D eigenvalue weighted by Gasteiger charge is 2.21. The highest BCUT2D eigenvalue weighted by Crippen LogP contribution is 2.28. The van der Waals surface area contributed by atoms with Crippen molar-refractivity contribution in [3.8, 4) is 0 Å². The van der Waals surface area contributed by atoms with Gasteiger partial charge in [0.2, 0.25) is 0 Å². The topological polar surface area (TPSA) is 44.4 Å². The van der Waals surface area contributed by atoms with E-state index >= 15 is 0 Å². The maximum absolute atomic E-state index is 11.9. The van der Waals surface area contributed by atoms with Crippen LogP contribution in [0, 0.1) is 11.8 Å². The van der Waals surface area contributed by atoms with Crippen molar-refractivity contribution in [1.82, 2.24) is 15.5 Å². The van der Waals surface area contributed by atoms with Crippen LogP contribution in [-0.2, 0) is 0 Å². The third-order valence-electron chi connectivity index (χ3n) is 5.10. The van der Waals surface area contributed by atoms with E-state index in [1.807, 2.05) is 0 Å². The summed E-state index contributed by atoms with van der Waals surface area (Å²) in [6.45, 7) is 8.77. The molecule has 2 aliphatic rings. The molecule has 1 aliphatic heterocycles. The van der Waals surface area contributed by atoms with Gasteiger partial charge in [0.25, 0.3) is 0 Å². The largest absolute Gasteiger partial charge is 0.338 e. The lowest BCUT2D eigenvalue weighted by Crippen LogP contribution is -2.48. The quantitative estimate of drug-likeness (QED) is 0.708. The molecule has 4 heteroatoms. The van der Waals surface area contributed by atoms with Crippen LogP contribution in [0.3, 0.4) is 0 Å². The lowest BCUT2D eigenvalue weighted by molar-refractivity contribution is 0.178. The lowest BCUT2D eigenvalue weighted by atomic mass is 10.0. The minimum atomic E-state index is 0.0359. The number of hydrogen-bond donors (Lipinski definition) is 2. The van der Waals surface area contributed by atoms with Crippen molar-refractivity contribution in [3.63, 3.8) is 0 Å². The molecule has 0 atom stereocenters. The molecule has 2 rings (SSSR count). The maximum Gasteiger partial charge on any atom is 0.315 e. The van der Waals surface area contributed by atoms with Gasteiger partial charge < -0.3 is 15.5 Å². The highest BCUT2D eigenvalue weighted by atomic mass is 16.2. The highest BCUT2D eigenvalue weighted by molar-refractivity contribution is 5.74. The van der Waals surface area contributed by atoms with E-state index in [4.69, 9.17) is 0 Å². The Bertz CT molecular complexity index is 318. The molecular formula is C18H35N3O. The molecule has 1 aliphatic carbocycles. The van der Waals surface area contributed by atoms with Crippen molar-refractivity contribution in [2.24, 2.45) is 11.8 Å². The first-order valence-electron chi connectivity index (χ1n) is 9.40. The van der Waals surface area contributed by atoms with Gasteiger partial charge in [0.15, 0.2) is 0 Å². The van der Waals surface area contributed by atoms with Gasteiger partial charge in [-0.15, -0.1) is 0 Å². The third kappa shape index (κ3) is 6.55. The normalized spacial score (nSPS) is 21.4. The smallest absolute Gasteiger partial charge is 0.315 e. The lowest BCUT2D eigenvalue weighted by Gasteiger charge is -2.33. The Morgan fingerprint density at radius 3 is 2.45 bits per heavy atom. The molecule has 0 aromatic carbocycles. The minimum absolute atomic E-state index is 0.0359. The molecular weight excluding hydrogens is 274 g/mol. The van der Waals surface area contributed by atoms with Crippen molar-refractivity contribution in [3.05, 3.63) is 0 Å². The molecule has 2 amide bonds. The summed E-state index contributed by atoms with van der Waals surface area (Å²) in [5.41, 5.74) is 0. The summed E-state index contributed by atoms with van der Waals surface area (Å²) in [4.78, 5) is 14.4. The number of nitrogens with one attached hydrogen (secondary N) is 2. The number of piperidine rings is 1. The molecule has 1 saturated carbocycles. The van der Waals surface area contributed by atoms with Gasteiger partial charge in [0.05, 0.1) is 0 Å². The Labute approximate surface area is 136 Å². The standard InChI is InChI=1S/C18H35N3O/c1-15(2)14-21-12-9-17(10-13-21)20-18(22)19-11-5-8-16-6-3-4-7-16/h15-17H,3-14H2,1-2H3,(H2,19,20,22). The van der Waals surface area contributed by atoms with E-state index in [9.17, 15) is 4.79 Å². The average Bonchev–Trinajstić information content (AvgIpc) is 2.98. The number of likely N-dealkylation sites (tertiary alicyclic amines) is 1. The summed E-state index contributed by atoms with van der Waals surface area (Å²) in [7, 11) is 0. The molecule has 1 saturated heterocycles. The van der Waals surface area contributed by atoms with Gasteiger partial charge in [0, 0.05) is 32.2 Å². The molecule has 22 heavy (non-hydrogen) atoms. The van der Waals surface area contributed by atoms with Crippen LogP contribution in [0.5, 0.6) is 0 Å². The van der Waals surface area contributed by atoms with E-state index in [-0.39, 0.29) is 6.03 Å². The Morgan fingerprint density at radius 1 is 1.14 bits per heavy atom. The van der Waals surface area contributed by atoms with Gasteiger partial charge in [-0.3, -0.25) is 0 Å². The summed E-state index contributed by atoms with van der Waals surface area (Å²) >= 11 is 0. The number of hydrogen-bond acceptors (Lipinski definition) is 2. The molecule has 0 radical (unpaired) electrons. The van der Waals surface area contributed by atoms with E-state index in [0.717, 1.165) is 50.7 Å². The molecule has 2 N–H and O–H groups in total. The van der Waals surface area contributed by atoms with Crippen molar-refractivity contribution in [2.45, 2.75) is 71.3 Å². The van der Waals surface area contributed by atoms with E-state index in [2.05, 4.69) is 29.4 Å². The fraction of sp³-hybridized carbons (Fsp3) is 0.944.